The van der Waals surface area contributed by atoms with Gasteiger partial charge in [0.2, 0.25) is 0 Å². The van der Waals surface area contributed by atoms with Crippen LogP contribution in [0.4, 0.5) is 5.82 Å². The molecule has 3 N–H and O–H groups in total. The zero-order valence-corrected chi connectivity index (χ0v) is 15.7. The first-order valence-corrected chi connectivity index (χ1v) is 9.69. The van der Waals surface area contributed by atoms with Crippen molar-refractivity contribution in [2.24, 2.45) is 0 Å². The molecule has 0 amide bonds. The Balaban J connectivity index is 1.35. The van der Waals surface area contributed by atoms with Gasteiger partial charge in [-0.2, -0.15) is 15.4 Å². The number of hydrogen-bond donors (Lipinski definition) is 3. The van der Waals surface area contributed by atoms with Crippen LogP contribution in [0.15, 0.2) is 36.5 Å². The molecule has 2 fully saturated rings. The second-order valence-electron chi connectivity index (χ2n) is 7.74. The molecule has 3 aromatic rings. The summed E-state index contributed by atoms with van der Waals surface area (Å²) >= 11 is 0. The number of aromatic amines is 1. The minimum Gasteiger partial charge on any atom is -0.507 e. The maximum Gasteiger partial charge on any atom is 0.151 e. The number of piperidine rings is 1. The van der Waals surface area contributed by atoms with E-state index in [1.54, 1.807) is 12.3 Å². The fourth-order valence-corrected chi connectivity index (χ4v) is 4.44. The summed E-state index contributed by atoms with van der Waals surface area (Å²) < 4.78 is 0. The Kier molecular flexibility index (Phi) is 4.20. The van der Waals surface area contributed by atoms with Gasteiger partial charge in [-0.1, -0.05) is 6.07 Å². The van der Waals surface area contributed by atoms with Crippen LogP contribution in [-0.2, 0) is 0 Å². The molecule has 2 aliphatic heterocycles. The standard InChI is InChI=1S/C20H23N7O/c1-27(15-9-13-3-4-14(10-15)22-13)20-7-6-17(23-25-20)16-5-2-12(8-19(16)28)18-11-21-26-24-18/h2,5-8,11,13-15,22,28H,3-4,9-10H2,1H3,(H,21,24,26). The molecule has 1 aromatic carbocycles. The number of phenols is 1. The van der Waals surface area contributed by atoms with Gasteiger partial charge in [-0.3, -0.25) is 0 Å². The molecule has 0 saturated carbocycles. The fourth-order valence-electron chi connectivity index (χ4n) is 4.44. The van der Waals surface area contributed by atoms with Crippen molar-refractivity contribution in [3.05, 3.63) is 36.5 Å². The van der Waals surface area contributed by atoms with E-state index in [9.17, 15) is 5.11 Å². The van der Waals surface area contributed by atoms with E-state index in [2.05, 4.69) is 42.9 Å². The number of nitrogens with zero attached hydrogens (tertiary/aromatic N) is 5. The van der Waals surface area contributed by atoms with Crippen molar-refractivity contribution < 1.29 is 5.11 Å². The number of benzene rings is 1. The molecule has 2 unspecified atom stereocenters. The molecule has 0 aliphatic carbocycles. The highest BCUT2D eigenvalue weighted by molar-refractivity contribution is 5.72. The van der Waals surface area contributed by atoms with Gasteiger partial charge in [-0.25, -0.2) is 0 Å². The minimum absolute atomic E-state index is 0.144. The third-order valence-electron chi connectivity index (χ3n) is 5.99. The van der Waals surface area contributed by atoms with Crippen molar-refractivity contribution in [1.29, 1.82) is 0 Å². The minimum atomic E-state index is 0.144. The third-order valence-corrected chi connectivity index (χ3v) is 5.99. The Morgan fingerprint density at radius 2 is 1.86 bits per heavy atom. The van der Waals surface area contributed by atoms with Crippen molar-refractivity contribution in [2.75, 3.05) is 11.9 Å². The normalized spacial score (nSPS) is 23.7. The first kappa shape index (κ1) is 17.1. The van der Waals surface area contributed by atoms with E-state index >= 15 is 0 Å². The van der Waals surface area contributed by atoms with Gasteiger partial charge in [0.25, 0.3) is 0 Å². The van der Waals surface area contributed by atoms with Gasteiger partial charge in [0.05, 0.1) is 11.9 Å². The summed E-state index contributed by atoms with van der Waals surface area (Å²) in [4.78, 5) is 2.25. The van der Waals surface area contributed by atoms with E-state index in [1.165, 1.54) is 12.8 Å². The summed E-state index contributed by atoms with van der Waals surface area (Å²) in [5, 5.41) is 33.3. The van der Waals surface area contributed by atoms with Crippen LogP contribution >= 0.6 is 0 Å². The molecule has 2 aliphatic rings. The van der Waals surface area contributed by atoms with Crippen molar-refractivity contribution in [3.8, 4) is 28.3 Å². The van der Waals surface area contributed by atoms with E-state index in [0.717, 1.165) is 24.2 Å². The van der Waals surface area contributed by atoms with Crippen LogP contribution in [0, 0.1) is 0 Å². The molecule has 4 heterocycles. The number of H-pyrrole nitrogens is 1. The molecule has 0 radical (unpaired) electrons. The number of anilines is 1. The van der Waals surface area contributed by atoms with E-state index in [-0.39, 0.29) is 5.75 Å². The zero-order chi connectivity index (χ0) is 19.1. The summed E-state index contributed by atoms with van der Waals surface area (Å²) in [6, 6.07) is 11.1. The second-order valence-corrected chi connectivity index (χ2v) is 7.74. The maximum atomic E-state index is 10.4. The van der Waals surface area contributed by atoms with Crippen LogP contribution in [0.1, 0.15) is 25.7 Å². The van der Waals surface area contributed by atoms with Crippen LogP contribution in [0.5, 0.6) is 5.75 Å². The Hall–Kier alpha value is -3.00. The predicted octanol–water partition coefficient (Wildman–Crippen LogP) is 2.35. The van der Waals surface area contributed by atoms with E-state index in [4.69, 9.17) is 0 Å². The predicted molar refractivity (Wildman–Crippen MR) is 106 cm³/mol. The topological polar surface area (TPSA) is 103 Å². The Morgan fingerprint density at radius 3 is 2.50 bits per heavy atom. The van der Waals surface area contributed by atoms with Gasteiger partial charge in [0.15, 0.2) is 5.82 Å². The first-order chi connectivity index (χ1) is 13.7. The van der Waals surface area contributed by atoms with E-state index < -0.39 is 0 Å². The van der Waals surface area contributed by atoms with Crippen LogP contribution < -0.4 is 10.2 Å². The molecule has 2 bridgehead atoms. The number of aromatic hydroxyl groups is 1. The summed E-state index contributed by atoms with van der Waals surface area (Å²) in [7, 11) is 2.10. The fraction of sp³-hybridized carbons (Fsp3) is 0.400. The van der Waals surface area contributed by atoms with Crippen molar-refractivity contribution in [1.82, 2.24) is 30.9 Å². The number of rotatable bonds is 4. The van der Waals surface area contributed by atoms with Crippen molar-refractivity contribution in [2.45, 2.75) is 43.8 Å². The first-order valence-electron chi connectivity index (χ1n) is 9.69. The van der Waals surface area contributed by atoms with Gasteiger partial charge in [-0.15, -0.1) is 10.2 Å². The Labute approximate surface area is 163 Å². The SMILES string of the molecule is CN(c1ccc(-c2ccc(-c3cn[nH]n3)cc2O)nn1)C1CC2CCC(C1)N2. The van der Waals surface area contributed by atoms with Crippen molar-refractivity contribution in [3.63, 3.8) is 0 Å². The van der Waals surface area contributed by atoms with Gasteiger partial charge in [0, 0.05) is 36.3 Å². The quantitative estimate of drug-likeness (QED) is 0.641. The van der Waals surface area contributed by atoms with Gasteiger partial charge in [0.1, 0.15) is 11.4 Å². The molecule has 0 spiro atoms. The maximum absolute atomic E-state index is 10.4. The molecule has 5 rings (SSSR count). The molecule has 8 nitrogen and oxygen atoms in total. The Bertz CT molecular complexity index is 945. The zero-order valence-electron chi connectivity index (χ0n) is 15.7. The lowest BCUT2D eigenvalue weighted by atomic mass is 9.98. The molecular formula is C20H23N7O. The second kappa shape index (κ2) is 6.87. The van der Waals surface area contributed by atoms with E-state index in [0.29, 0.717) is 35.1 Å². The smallest absolute Gasteiger partial charge is 0.151 e. The Morgan fingerprint density at radius 1 is 1.04 bits per heavy atom. The highest BCUT2D eigenvalue weighted by atomic mass is 16.3. The van der Waals surface area contributed by atoms with Gasteiger partial charge in [-0.05, 0) is 49.9 Å². The number of nitrogens with one attached hydrogen (secondary N) is 2. The lowest BCUT2D eigenvalue weighted by molar-refractivity contribution is 0.353. The molecule has 2 atom stereocenters. The largest absolute Gasteiger partial charge is 0.507 e. The number of aromatic nitrogens is 5. The van der Waals surface area contributed by atoms with Crippen LogP contribution in [0.2, 0.25) is 0 Å². The summed E-state index contributed by atoms with van der Waals surface area (Å²) in [5.74, 6) is 1.01. The highest BCUT2D eigenvalue weighted by Gasteiger charge is 2.35. The average Bonchev–Trinajstić information content (AvgIpc) is 3.37. The van der Waals surface area contributed by atoms with Crippen LogP contribution in [-0.4, -0.2) is 55.9 Å². The molecule has 2 aromatic heterocycles. The van der Waals surface area contributed by atoms with E-state index in [1.807, 2.05) is 24.3 Å². The molecule has 144 valence electrons. The molecular weight excluding hydrogens is 354 g/mol. The average molecular weight is 377 g/mol. The molecule has 8 heteroatoms. The lowest BCUT2D eigenvalue weighted by Crippen LogP contribution is -2.47. The summed E-state index contributed by atoms with van der Waals surface area (Å²) in [6.45, 7) is 0. The van der Waals surface area contributed by atoms with Crippen LogP contribution in [0.3, 0.4) is 0 Å². The lowest BCUT2D eigenvalue weighted by Gasteiger charge is -2.36. The molecule has 2 saturated heterocycles. The summed E-state index contributed by atoms with van der Waals surface area (Å²) in [5.41, 5.74) is 2.77. The monoisotopic (exact) mass is 377 g/mol. The number of hydrogen-bond acceptors (Lipinski definition) is 7. The highest BCUT2D eigenvalue weighted by Crippen LogP contribution is 2.33. The summed E-state index contributed by atoms with van der Waals surface area (Å²) in [6.07, 6.45) is 6.49. The number of fused-ring (bicyclic) bond motifs is 2. The van der Waals surface area contributed by atoms with Gasteiger partial charge < -0.3 is 15.3 Å². The van der Waals surface area contributed by atoms with Gasteiger partial charge >= 0.3 is 0 Å². The molecule has 28 heavy (non-hydrogen) atoms. The third kappa shape index (κ3) is 3.09. The number of phenolic OH excluding ortho intramolecular Hbond substituents is 1. The van der Waals surface area contributed by atoms with Crippen molar-refractivity contribution >= 4 is 5.82 Å². The van der Waals surface area contributed by atoms with Crippen LogP contribution in [0.25, 0.3) is 22.5 Å².